The molecule has 1 heterocycles. The van der Waals surface area contributed by atoms with Crippen LogP contribution in [-0.4, -0.2) is 35.8 Å². The topological polar surface area (TPSA) is 78.5 Å². The number of carbonyl (C=O) groups excluding carboxylic acids is 3. The number of nitrogens with zero attached hydrogens (tertiary/aromatic N) is 1. The lowest BCUT2D eigenvalue weighted by Gasteiger charge is -2.25. The van der Waals surface area contributed by atoms with Crippen molar-refractivity contribution in [3.8, 4) is 0 Å². The van der Waals surface area contributed by atoms with Crippen LogP contribution in [0.5, 0.6) is 0 Å². The maximum Gasteiger partial charge on any atom is 0.325 e. The summed E-state index contributed by atoms with van der Waals surface area (Å²) in [7, 11) is 0. The Morgan fingerprint density at radius 2 is 2.04 bits per heavy atom. The average Bonchev–Trinajstić information content (AvgIpc) is 2.78. The summed E-state index contributed by atoms with van der Waals surface area (Å²) in [6, 6.07) is 4.73. The van der Waals surface area contributed by atoms with E-state index in [1.165, 1.54) is 30.3 Å². The van der Waals surface area contributed by atoms with Crippen LogP contribution >= 0.6 is 0 Å². The van der Waals surface area contributed by atoms with Gasteiger partial charge in [0, 0.05) is 6.54 Å². The summed E-state index contributed by atoms with van der Waals surface area (Å²) < 4.78 is 13.1. The molecule has 1 aliphatic rings. The van der Waals surface area contributed by atoms with E-state index in [0.29, 0.717) is 5.56 Å². The molecule has 7 heteroatoms. The number of rotatable bonds is 6. The van der Waals surface area contributed by atoms with E-state index in [0.717, 1.165) is 4.90 Å². The average molecular weight is 319 g/mol. The van der Waals surface area contributed by atoms with Crippen molar-refractivity contribution < 1.29 is 18.8 Å². The normalized spacial score (nSPS) is 20.3. The van der Waals surface area contributed by atoms with Gasteiger partial charge in [0.15, 0.2) is 0 Å². The lowest BCUT2D eigenvalue weighted by Crippen LogP contribution is -2.44. The summed E-state index contributed by atoms with van der Waals surface area (Å²) in [5.41, 5.74) is -0.794. The van der Waals surface area contributed by atoms with Gasteiger partial charge >= 0.3 is 6.03 Å². The van der Waals surface area contributed by atoms with Crippen LogP contribution in [0, 0.1) is 5.82 Å². The predicted molar refractivity (Wildman–Crippen MR) is 81.8 cm³/mol. The minimum absolute atomic E-state index is 0.249. The fourth-order valence-electron chi connectivity index (χ4n) is 2.53. The summed E-state index contributed by atoms with van der Waals surface area (Å²) in [6.07, 6.45) is 1.78. The number of carbonyl (C=O) groups is 3. The zero-order chi connectivity index (χ0) is 17.0. The molecule has 0 spiro atoms. The standard InChI is InChI=1S/C16H18FN3O3/c1-3-9-18-13(21)10-20-14(22)16(4-2,19-15(20)23)11-5-7-12(17)8-6-11/h3,5-8H,1,4,9-10H2,2H3,(H,18,21)(H,19,23). The number of amides is 4. The first-order chi connectivity index (χ1) is 10.9. The third-order valence-corrected chi connectivity index (χ3v) is 3.79. The molecule has 4 amide bonds. The second-order valence-electron chi connectivity index (χ2n) is 5.18. The summed E-state index contributed by atoms with van der Waals surface area (Å²) in [4.78, 5) is 37.5. The molecule has 1 saturated heterocycles. The summed E-state index contributed by atoms with van der Waals surface area (Å²) in [5, 5.41) is 5.14. The Hall–Kier alpha value is -2.70. The highest BCUT2D eigenvalue weighted by atomic mass is 19.1. The highest BCUT2D eigenvalue weighted by molar-refractivity contribution is 6.09. The van der Waals surface area contributed by atoms with Gasteiger partial charge in [-0.25, -0.2) is 9.18 Å². The first-order valence-corrected chi connectivity index (χ1v) is 7.22. The molecule has 0 bridgehead atoms. The molecular weight excluding hydrogens is 301 g/mol. The number of halogens is 1. The SMILES string of the molecule is C=CCNC(=O)CN1C(=O)NC(CC)(c2ccc(F)cc2)C1=O. The molecule has 1 aromatic rings. The fourth-order valence-corrected chi connectivity index (χ4v) is 2.53. The van der Waals surface area contributed by atoms with Crippen molar-refractivity contribution in [2.75, 3.05) is 13.1 Å². The van der Waals surface area contributed by atoms with Crippen molar-refractivity contribution in [1.29, 1.82) is 0 Å². The van der Waals surface area contributed by atoms with Crippen molar-refractivity contribution in [3.05, 3.63) is 48.3 Å². The van der Waals surface area contributed by atoms with E-state index in [1.54, 1.807) is 6.92 Å². The maximum atomic E-state index is 13.1. The van der Waals surface area contributed by atoms with Crippen LogP contribution in [0.15, 0.2) is 36.9 Å². The van der Waals surface area contributed by atoms with Crippen molar-refractivity contribution in [2.45, 2.75) is 18.9 Å². The molecule has 6 nitrogen and oxygen atoms in total. The van der Waals surface area contributed by atoms with E-state index in [1.807, 2.05) is 0 Å². The first-order valence-electron chi connectivity index (χ1n) is 7.22. The molecule has 1 aromatic carbocycles. The lowest BCUT2D eigenvalue weighted by atomic mass is 9.87. The van der Waals surface area contributed by atoms with Crippen LogP contribution < -0.4 is 10.6 Å². The molecule has 2 rings (SSSR count). The van der Waals surface area contributed by atoms with Crippen molar-refractivity contribution in [3.63, 3.8) is 0 Å². The third kappa shape index (κ3) is 3.08. The highest BCUT2D eigenvalue weighted by Gasteiger charge is 2.51. The maximum absolute atomic E-state index is 13.1. The molecule has 1 atom stereocenters. The lowest BCUT2D eigenvalue weighted by molar-refractivity contribution is -0.135. The summed E-state index contributed by atoms with van der Waals surface area (Å²) in [5.74, 6) is -1.41. The predicted octanol–water partition coefficient (Wildman–Crippen LogP) is 1.29. The Morgan fingerprint density at radius 1 is 1.39 bits per heavy atom. The van der Waals surface area contributed by atoms with Gasteiger partial charge < -0.3 is 10.6 Å². The van der Waals surface area contributed by atoms with Gasteiger partial charge in [-0.05, 0) is 24.1 Å². The molecule has 1 fully saturated rings. The monoisotopic (exact) mass is 319 g/mol. The van der Waals surface area contributed by atoms with Crippen LogP contribution in [0.3, 0.4) is 0 Å². The Kier molecular flexibility index (Phi) is 4.78. The molecule has 122 valence electrons. The quantitative estimate of drug-likeness (QED) is 0.612. The van der Waals surface area contributed by atoms with Crippen molar-refractivity contribution in [1.82, 2.24) is 15.5 Å². The van der Waals surface area contributed by atoms with E-state index >= 15 is 0 Å². The Labute approximate surface area is 133 Å². The fraction of sp³-hybridized carbons (Fsp3) is 0.312. The van der Waals surface area contributed by atoms with Crippen molar-refractivity contribution >= 4 is 17.8 Å². The van der Waals surface area contributed by atoms with Gasteiger partial charge in [0.25, 0.3) is 5.91 Å². The number of hydrogen-bond acceptors (Lipinski definition) is 3. The number of urea groups is 1. The van der Waals surface area contributed by atoms with Gasteiger partial charge in [0.05, 0.1) is 0 Å². The molecule has 0 radical (unpaired) electrons. The second kappa shape index (κ2) is 6.60. The van der Waals surface area contributed by atoms with E-state index < -0.39 is 29.2 Å². The van der Waals surface area contributed by atoms with Gasteiger partial charge in [0.2, 0.25) is 5.91 Å². The third-order valence-electron chi connectivity index (χ3n) is 3.79. The molecule has 0 aliphatic carbocycles. The number of imide groups is 1. The molecule has 1 aliphatic heterocycles. The van der Waals surface area contributed by atoms with Crippen molar-refractivity contribution in [2.24, 2.45) is 0 Å². The van der Waals surface area contributed by atoms with Gasteiger partial charge in [0.1, 0.15) is 17.9 Å². The van der Waals surface area contributed by atoms with E-state index in [-0.39, 0.29) is 19.5 Å². The molecule has 0 aromatic heterocycles. The minimum atomic E-state index is -1.27. The number of hydrogen-bond donors (Lipinski definition) is 2. The Morgan fingerprint density at radius 3 is 2.61 bits per heavy atom. The zero-order valence-electron chi connectivity index (χ0n) is 12.8. The van der Waals surface area contributed by atoms with Crippen LogP contribution in [0.2, 0.25) is 0 Å². The number of nitrogens with one attached hydrogen (secondary N) is 2. The van der Waals surface area contributed by atoms with Gasteiger partial charge in [-0.1, -0.05) is 25.1 Å². The van der Waals surface area contributed by atoms with Gasteiger partial charge in [-0.2, -0.15) is 0 Å². The van der Waals surface area contributed by atoms with Crippen LogP contribution in [0.1, 0.15) is 18.9 Å². The highest BCUT2D eigenvalue weighted by Crippen LogP contribution is 2.32. The largest absolute Gasteiger partial charge is 0.351 e. The van der Waals surface area contributed by atoms with Gasteiger partial charge in [-0.15, -0.1) is 6.58 Å². The zero-order valence-corrected chi connectivity index (χ0v) is 12.8. The van der Waals surface area contributed by atoms with E-state index in [9.17, 15) is 18.8 Å². The summed E-state index contributed by atoms with van der Waals surface area (Å²) in [6.45, 7) is 5.09. The summed E-state index contributed by atoms with van der Waals surface area (Å²) >= 11 is 0. The van der Waals surface area contributed by atoms with Crippen LogP contribution in [0.4, 0.5) is 9.18 Å². The Bertz CT molecular complexity index is 644. The molecule has 1 unspecified atom stereocenters. The van der Waals surface area contributed by atoms with Crippen LogP contribution in [-0.2, 0) is 15.1 Å². The van der Waals surface area contributed by atoms with Gasteiger partial charge in [-0.3, -0.25) is 14.5 Å². The number of benzene rings is 1. The van der Waals surface area contributed by atoms with E-state index in [4.69, 9.17) is 0 Å². The molecule has 2 N–H and O–H groups in total. The van der Waals surface area contributed by atoms with Crippen LogP contribution in [0.25, 0.3) is 0 Å². The smallest absolute Gasteiger partial charge is 0.325 e. The minimum Gasteiger partial charge on any atom is -0.351 e. The first kappa shape index (κ1) is 16.7. The van der Waals surface area contributed by atoms with E-state index in [2.05, 4.69) is 17.2 Å². The molecule has 23 heavy (non-hydrogen) atoms. The molecule has 0 saturated carbocycles. The Balaban J connectivity index is 2.25. The molecular formula is C16H18FN3O3. The second-order valence-corrected chi connectivity index (χ2v) is 5.18.